The van der Waals surface area contributed by atoms with Crippen molar-refractivity contribution in [2.45, 2.75) is 49.1 Å². The third-order valence-electron chi connectivity index (χ3n) is 6.54. The summed E-state index contributed by atoms with van der Waals surface area (Å²) in [5.74, 6) is -0.0941. The summed E-state index contributed by atoms with van der Waals surface area (Å²) in [6.07, 6.45) is 2.88. The molecule has 4 rings (SSSR count). The van der Waals surface area contributed by atoms with Gasteiger partial charge in [-0.15, -0.1) is 0 Å². The summed E-state index contributed by atoms with van der Waals surface area (Å²) in [6.45, 7) is 0. The van der Waals surface area contributed by atoms with Crippen LogP contribution in [0.1, 0.15) is 36.8 Å². The minimum atomic E-state index is -4.25. The number of hydrogen-bond acceptors (Lipinski definition) is 7. The molecular formula is C24H25N5O5S. The number of nitro benzene ring substituents is 1. The molecule has 1 atom stereocenters. The molecule has 1 unspecified atom stereocenters. The van der Waals surface area contributed by atoms with Crippen LogP contribution in [0.25, 0.3) is 10.9 Å². The first-order chi connectivity index (χ1) is 16.7. The normalized spacial score (nSPS) is 19.2. The second-order valence-corrected chi connectivity index (χ2v) is 10.6. The van der Waals surface area contributed by atoms with Crippen LogP contribution in [0.4, 0.5) is 5.69 Å². The molecule has 0 radical (unpaired) electrons. The molecule has 4 N–H and O–H groups in total. The highest BCUT2D eigenvalue weighted by Crippen LogP contribution is 2.30. The SMILES string of the molecule is N#Cc1ccc2cc(CC(NS(=O)(=O)c3ccccc3[N+](=O)[O-])C3CCC(N)CC3)c(=O)[nH]c2c1. The Morgan fingerprint density at radius 2 is 1.89 bits per heavy atom. The molecule has 11 heteroatoms. The highest BCUT2D eigenvalue weighted by Gasteiger charge is 2.33. The number of nitrogens with two attached hydrogens (primary N) is 1. The zero-order valence-corrected chi connectivity index (χ0v) is 19.6. The molecule has 10 nitrogen and oxygen atoms in total. The number of sulfonamides is 1. The van der Waals surface area contributed by atoms with E-state index in [1.54, 1.807) is 24.3 Å². The molecule has 0 spiro atoms. The predicted octanol–water partition coefficient (Wildman–Crippen LogP) is 2.72. The van der Waals surface area contributed by atoms with E-state index < -0.39 is 31.6 Å². The van der Waals surface area contributed by atoms with E-state index in [0.717, 1.165) is 18.9 Å². The van der Waals surface area contributed by atoms with Crippen LogP contribution in [-0.2, 0) is 16.4 Å². The Morgan fingerprint density at radius 1 is 1.17 bits per heavy atom. The number of nitrogens with zero attached hydrogens (tertiary/aromatic N) is 2. The van der Waals surface area contributed by atoms with Crippen LogP contribution in [0.15, 0.2) is 58.2 Å². The predicted molar refractivity (Wildman–Crippen MR) is 130 cm³/mol. The summed E-state index contributed by atoms with van der Waals surface area (Å²) >= 11 is 0. The van der Waals surface area contributed by atoms with Crippen LogP contribution in [0.5, 0.6) is 0 Å². The van der Waals surface area contributed by atoms with E-state index in [1.165, 1.54) is 18.2 Å². The molecule has 2 aromatic carbocycles. The molecule has 1 heterocycles. The number of aromatic amines is 1. The minimum absolute atomic E-state index is 0.0390. The monoisotopic (exact) mass is 495 g/mol. The van der Waals surface area contributed by atoms with E-state index in [9.17, 15) is 23.3 Å². The topological polar surface area (TPSA) is 172 Å². The van der Waals surface area contributed by atoms with Crippen molar-refractivity contribution in [1.82, 2.24) is 9.71 Å². The summed E-state index contributed by atoms with van der Waals surface area (Å²) in [5.41, 5.74) is 6.45. The lowest BCUT2D eigenvalue weighted by Gasteiger charge is -2.33. The van der Waals surface area contributed by atoms with Gasteiger partial charge in [-0.25, -0.2) is 13.1 Å². The Morgan fingerprint density at radius 3 is 2.57 bits per heavy atom. The second-order valence-electron chi connectivity index (χ2n) is 8.87. The van der Waals surface area contributed by atoms with Gasteiger partial charge in [-0.05, 0) is 67.7 Å². The van der Waals surface area contributed by atoms with Gasteiger partial charge in [0.1, 0.15) is 0 Å². The van der Waals surface area contributed by atoms with Crippen LogP contribution < -0.4 is 16.0 Å². The molecule has 182 valence electrons. The fraction of sp³-hybridized carbons (Fsp3) is 0.333. The van der Waals surface area contributed by atoms with Crippen LogP contribution in [0.2, 0.25) is 0 Å². The highest BCUT2D eigenvalue weighted by molar-refractivity contribution is 7.89. The zero-order valence-electron chi connectivity index (χ0n) is 18.8. The lowest BCUT2D eigenvalue weighted by molar-refractivity contribution is -0.387. The number of benzene rings is 2. The average Bonchev–Trinajstić information content (AvgIpc) is 2.84. The second kappa shape index (κ2) is 9.95. The number of para-hydroxylation sites is 1. The number of aromatic nitrogens is 1. The molecule has 0 amide bonds. The Labute approximate surface area is 202 Å². The Bertz CT molecular complexity index is 1470. The van der Waals surface area contributed by atoms with E-state index in [2.05, 4.69) is 9.71 Å². The first-order valence-corrected chi connectivity index (χ1v) is 12.7. The minimum Gasteiger partial charge on any atom is -0.328 e. The van der Waals surface area contributed by atoms with Crippen molar-refractivity contribution in [3.05, 3.63) is 80.1 Å². The molecule has 1 fully saturated rings. The van der Waals surface area contributed by atoms with Gasteiger partial charge in [-0.3, -0.25) is 14.9 Å². The van der Waals surface area contributed by atoms with Gasteiger partial charge in [0.15, 0.2) is 4.90 Å². The summed E-state index contributed by atoms with van der Waals surface area (Å²) in [6, 6.07) is 13.2. The van der Waals surface area contributed by atoms with E-state index in [-0.39, 0.29) is 23.9 Å². The van der Waals surface area contributed by atoms with Gasteiger partial charge < -0.3 is 10.7 Å². The molecule has 0 saturated heterocycles. The van der Waals surface area contributed by atoms with Crippen LogP contribution >= 0.6 is 0 Å². The van der Waals surface area contributed by atoms with Crippen molar-refractivity contribution < 1.29 is 13.3 Å². The number of rotatable bonds is 7. The third kappa shape index (κ3) is 5.40. The Balaban J connectivity index is 1.70. The molecule has 1 saturated carbocycles. The average molecular weight is 496 g/mol. The van der Waals surface area contributed by atoms with Gasteiger partial charge in [-0.1, -0.05) is 18.2 Å². The number of nitro groups is 1. The van der Waals surface area contributed by atoms with Crippen molar-refractivity contribution in [2.24, 2.45) is 11.7 Å². The Kier molecular flexibility index (Phi) is 6.98. The maximum Gasteiger partial charge on any atom is 0.289 e. The largest absolute Gasteiger partial charge is 0.328 e. The van der Waals surface area contributed by atoms with Crippen LogP contribution in [0.3, 0.4) is 0 Å². The van der Waals surface area contributed by atoms with Crippen molar-refractivity contribution in [1.29, 1.82) is 5.26 Å². The first-order valence-electron chi connectivity index (χ1n) is 11.3. The fourth-order valence-corrected chi connectivity index (χ4v) is 6.13. The zero-order chi connectivity index (χ0) is 25.2. The van der Waals surface area contributed by atoms with Crippen LogP contribution in [0, 0.1) is 27.4 Å². The maximum atomic E-state index is 13.3. The van der Waals surface area contributed by atoms with Gasteiger partial charge in [0, 0.05) is 29.2 Å². The number of nitrogens with one attached hydrogen (secondary N) is 2. The fourth-order valence-electron chi connectivity index (χ4n) is 4.65. The Hall–Kier alpha value is -3.59. The third-order valence-corrected chi connectivity index (χ3v) is 8.07. The number of fused-ring (bicyclic) bond motifs is 1. The van der Waals surface area contributed by atoms with Gasteiger partial charge in [0.05, 0.1) is 16.6 Å². The first kappa shape index (κ1) is 24.5. The molecule has 1 aromatic heterocycles. The smallest absolute Gasteiger partial charge is 0.289 e. The lowest BCUT2D eigenvalue weighted by Crippen LogP contribution is -2.45. The van der Waals surface area contributed by atoms with Crippen molar-refractivity contribution in [3.8, 4) is 6.07 Å². The van der Waals surface area contributed by atoms with Gasteiger partial charge in [0.25, 0.3) is 11.2 Å². The summed E-state index contributed by atoms with van der Waals surface area (Å²) < 4.78 is 29.2. The number of hydrogen-bond donors (Lipinski definition) is 3. The lowest BCUT2D eigenvalue weighted by atomic mass is 9.80. The van der Waals surface area contributed by atoms with Crippen molar-refractivity contribution >= 4 is 26.6 Å². The summed E-state index contributed by atoms with van der Waals surface area (Å²) in [4.78, 5) is 25.9. The van der Waals surface area contributed by atoms with Gasteiger partial charge in [0.2, 0.25) is 10.0 Å². The highest BCUT2D eigenvalue weighted by atomic mass is 32.2. The molecule has 1 aliphatic carbocycles. The van der Waals surface area contributed by atoms with Crippen LogP contribution in [-0.4, -0.2) is 30.4 Å². The molecule has 35 heavy (non-hydrogen) atoms. The van der Waals surface area contributed by atoms with E-state index in [4.69, 9.17) is 11.0 Å². The van der Waals surface area contributed by atoms with E-state index in [1.807, 2.05) is 6.07 Å². The summed E-state index contributed by atoms with van der Waals surface area (Å²) in [7, 11) is -4.25. The molecule has 3 aromatic rings. The number of nitriles is 1. The molecule has 1 aliphatic rings. The molecule has 0 bridgehead atoms. The van der Waals surface area contributed by atoms with Gasteiger partial charge in [-0.2, -0.15) is 5.26 Å². The van der Waals surface area contributed by atoms with Crippen molar-refractivity contribution in [2.75, 3.05) is 0 Å². The molecular weight excluding hydrogens is 470 g/mol. The maximum absolute atomic E-state index is 13.3. The molecule has 0 aliphatic heterocycles. The number of pyridine rings is 1. The standard InChI is InChI=1S/C24H25N5O5S/c25-14-15-5-6-17-12-18(24(30)27-20(17)11-15)13-21(16-7-9-19(26)10-8-16)28-35(33,34)23-4-2-1-3-22(23)29(31)32/h1-6,11-12,16,19,21,28H,7-10,13,26H2,(H,27,30). The number of H-pyrrole nitrogens is 1. The summed E-state index contributed by atoms with van der Waals surface area (Å²) in [5, 5.41) is 21.2. The van der Waals surface area contributed by atoms with Crippen molar-refractivity contribution in [3.63, 3.8) is 0 Å². The van der Waals surface area contributed by atoms with E-state index in [0.29, 0.717) is 34.9 Å². The van der Waals surface area contributed by atoms with Gasteiger partial charge >= 0.3 is 0 Å². The van der Waals surface area contributed by atoms with E-state index >= 15 is 0 Å². The quantitative estimate of drug-likeness (QED) is 0.334.